The van der Waals surface area contributed by atoms with Crippen molar-refractivity contribution < 1.29 is 4.79 Å². The van der Waals surface area contributed by atoms with Crippen LogP contribution in [0.5, 0.6) is 0 Å². The van der Waals surface area contributed by atoms with Gasteiger partial charge in [-0.05, 0) is 25.7 Å². The SMILES string of the molecule is CCC(C)(C#N)CCC(=O)NCC(C)C. The Morgan fingerprint density at radius 3 is 2.53 bits per heavy atom. The van der Waals surface area contributed by atoms with E-state index in [2.05, 4.69) is 25.2 Å². The van der Waals surface area contributed by atoms with E-state index in [-0.39, 0.29) is 11.3 Å². The van der Waals surface area contributed by atoms with Crippen molar-refractivity contribution in [3.63, 3.8) is 0 Å². The van der Waals surface area contributed by atoms with Crippen LogP contribution in [0, 0.1) is 22.7 Å². The molecule has 3 nitrogen and oxygen atoms in total. The molecule has 0 rings (SSSR count). The summed E-state index contributed by atoms with van der Waals surface area (Å²) in [7, 11) is 0. The number of nitrogens with zero attached hydrogens (tertiary/aromatic N) is 1. The van der Waals surface area contributed by atoms with Gasteiger partial charge in [-0.2, -0.15) is 5.26 Å². The van der Waals surface area contributed by atoms with E-state index in [1.54, 1.807) is 0 Å². The highest BCUT2D eigenvalue weighted by molar-refractivity contribution is 5.75. The van der Waals surface area contributed by atoms with Crippen molar-refractivity contribution in [1.82, 2.24) is 5.32 Å². The van der Waals surface area contributed by atoms with Crippen LogP contribution in [0.4, 0.5) is 0 Å². The number of carbonyl (C=O) groups is 1. The molecule has 3 heteroatoms. The van der Waals surface area contributed by atoms with Crippen LogP contribution in [0.2, 0.25) is 0 Å². The topological polar surface area (TPSA) is 52.9 Å². The number of rotatable bonds is 6. The fourth-order valence-corrected chi connectivity index (χ4v) is 1.11. The minimum Gasteiger partial charge on any atom is -0.356 e. The number of nitrogens with one attached hydrogen (secondary N) is 1. The molecule has 0 aliphatic rings. The van der Waals surface area contributed by atoms with Crippen molar-refractivity contribution in [3.05, 3.63) is 0 Å². The molecular formula is C12H22N2O. The Bertz CT molecular complexity index is 242. The standard InChI is InChI=1S/C12H22N2O/c1-5-12(4,9-13)7-6-11(15)14-8-10(2)3/h10H,5-8H2,1-4H3,(H,14,15). The second kappa shape index (κ2) is 6.44. The van der Waals surface area contributed by atoms with Gasteiger partial charge in [0.05, 0.1) is 11.5 Å². The summed E-state index contributed by atoms with van der Waals surface area (Å²) in [6, 6.07) is 2.27. The molecular weight excluding hydrogens is 188 g/mol. The summed E-state index contributed by atoms with van der Waals surface area (Å²) in [5, 5.41) is 11.8. The van der Waals surface area contributed by atoms with Gasteiger partial charge in [-0.15, -0.1) is 0 Å². The first-order chi connectivity index (χ1) is 6.93. The fourth-order valence-electron chi connectivity index (χ4n) is 1.11. The maximum Gasteiger partial charge on any atom is 0.220 e. The zero-order chi connectivity index (χ0) is 11.9. The van der Waals surface area contributed by atoms with Crippen LogP contribution in [0.1, 0.15) is 47.0 Å². The first-order valence-electron chi connectivity index (χ1n) is 5.61. The lowest BCUT2D eigenvalue weighted by Gasteiger charge is -2.18. The Kier molecular flexibility index (Phi) is 6.00. The zero-order valence-corrected chi connectivity index (χ0v) is 10.3. The number of hydrogen-bond acceptors (Lipinski definition) is 2. The largest absolute Gasteiger partial charge is 0.356 e. The quantitative estimate of drug-likeness (QED) is 0.732. The van der Waals surface area contributed by atoms with Crippen LogP contribution >= 0.6 is 0 Å². The van der Waals surface area contributed by atoms with Crippen LogP contribution in [0.25, 0.3) is 0 Å². The van der Waals surface area contributed by atoms with Crippen LogP contribution in [0.3, 0.4) is 0 Å². The predicted molar refractivity (Wildman–Crippen MR) is 61.1 cm³/mol. The summed E-state index contributed by atoms with van der Waals surface area (Å²) in [4.78, 5) is 11.4. The van der Waals surface area contributed by atoms with Crippen LogP contribution < -0.4 is 5.32 Å². The molecule has 86 valence electrons. The van der Waals surface area contributed by atoms with Crippen molar-refractivity contribution >= 4 is 5.91 Å². The Balaban J connectivity index is 3.86. The maximum absolute atomic E-state index is 11.4. The summed E-state index contributed by atoms with van der Waals surface area (Å²) in [6.45, 7) is 8.73. The third-order valence-corrected chi connectivity index (χ3v) is 2.66. The molecule has 1 amide bonds. The molecule has 0 saturated heterocycles. The monoisotopic (exact) mass is 210 g/mol. The molecule has 0 aromatic carbocycles. The maximum atomic E-state index is 11.4. The molecule has 0 bridgehead atoms. The lowest BCUT2D eigenvalue weighted by molar-refractivity contribution is -0.121. The van der Waals surface area contributed by atoms with E-state index in [0.717, 1.165) is 6.42 Å². The van der Waals surface area contributed by atoms with E-state index >= 15 is 0 Å². The number of carbonyl (C=O) groups excluding carboxylic acids is 1. The molecule has 0 spiro atoms. The van der Waals surface area contributed by atoms with E-state index in [4.69, 9.17) is 5.26 Å². The third-order valence-electron chi connectivity index (χ3n) is 2.66. The molecule has 0 aliphatic heterocycles. The highest BCUT2D eigenvalue weighted by Crippen LogP contribution is 2.25. The molecule has 0 heterocycles. The van der Waals surface area contributed by atoms with E-state index in [1.165, 1.54) is 0 Å². The van der Waals surface area contributed by atoms with Gasteiger partial charge in [-0.3, -0.25) is 4.79 Å². The lowest BCUT2D eigenvalue weighted by Crippen LogP contribution is -2.28. The smallest absolute Gasteiger partial charge is 0.220 e. The second-order valence-electron chi connectivity index (χ2n) is 4.72. The molecule has 0 fully saturated rings. The highest BCUT2D eigenvalue weighted by Gasteiger charge is 2.22. The van der Waals surface area contributed by atoms with E-state index in [0.29, 0.717) is 25.3 Å². The third kappa shape index (κ3) is 6.11. The minimum atomic E-state index is -0.352. The van der Waals surface area contributed by atoms with Crippen molar-refractivity contribution in [2.45, 2.75) is 47.0 Å². The van der Waals surface area contributed by atoms with Gasteiger partial charge >= 0.3 is 0 Å². The average molecular weight is 210 g/mol. The minimum absolute atomic E-state index is 0.0543. The molecule has 1 unspecified atom stereocenters. The Morgan fingerprint density at radius 1 is 1.53 bits per heavy atom. The fraction of sp³-hybridized carbons (Fsp3) is 0.833. The van der Waals surface area contributed by atoms with Gasteiger partial charge < -0.3 is 5.32 Å². The normalized spacial score (nSPS) is 14.4. The van der Waals surface area contributed by atoms with Gasteiger partial charge in [0.25, 0.3) is 0 Å². The second-order valence-corrected chi connectivity index (χ2v) is 4.72. The van der Waals surface area contributed by atoms with Gasteiger partial charge in [0.2, 0.25) is 5.91 Å². The molecule has 0 aliphatic carbocycles. The van der Waals surface area contributed by atoms with Gasteiger partial charge in [0.1, 0.15) is 0 Å². The lowest BCUT2D eigenvalue weighted by atomic mass is 9.84. The van der Waals surface area contributed by atoms with Gasteiger partial charge in [-0.1, -0.05) is 20.8 Å². The molecule has 1 N–H and O–H groups in total. The molecule has 0 saturated carbocycles. The van der Waals surface area contributed by atoms with Gasteiger partial charge in [0, 0.05) is 13.0 Å². The Labute approximate surface area is 92.9 Å². The van der Waals surface area contributed by atoms with Crippen LogP contribution in [-0.2, 0) is 4.79 Å². The van der Waals surface area contributed by atoms with E-state index < -0.39 is 0 Å². The molecule has 15 heavy (non-hydrogen) atoms. The first kappa shape index (κ1) is 14.0. The van der Waals surface area contributed by atoms with Crippen LogP contribution in [0.15, 0.2) is 0 Å². The predicted octanol–water partition coefficient (Wildman–Crippen LogP) is 2.48. The summed E-state index contributed by atoms with van der Waals surface area (Å²) in [5.41, 5.74) is -0.352. The van der Waals surface area contributed by atoms with Crippen LogP contribution in [-0.4, -0.2) is 12.5 Å². The van der Waals surface area contributed by atoms with Crippen molar-refractivity contribution in [3.8, 4) is 6.07 Å². The summed E-state index contributed by atoms with van der Waals surface area (Å²) in [6.07, 6.45) is 1.88. The number of hydrogen-bond donors (Lipinski definition) is 1. The van der Waals surface area contributed by atoms with Crippen molar-refractivity contribution in [2.75, 3.05) is 6.54 Å². The molecule has 0 aromatic heterocycles. The zero-order valence-electron chi connectivity index (χ0n) is 10.3. The van der Waals surface area contributed by atoms with Gasteiger partial charge in [-0.25, -0.2) is 0 Å². The number of nitriles is 1. The van der Waals surface area contributed by atoms with Crippen molar-refractivity contribution in [2.24, 2.45) is 11.3 Å². The molecule has 1 atom stereocenters. The number of amides is 1. The Morgan fingerprint density at radius 2 is 2.13 bits per heavy atom. The van der Waals surface area contributed by atoms with Gasteiger partial charge in [0.15, 0.2) is 0 Å². The molecule has 0 radical (unpaired) electrons. The van der Waals surface area contributed by atoms with E-state index in [1.807, 2.05) is 13.8 Å². The molecule has 0 aromatic rings. The summed E-state index contributed by atoms with van der Waals surface area (Å²) >= 11 is 0. The summed E-state index contributed by atoms with van der Waals surface area (Å²) < 4.78 is 0. The highest BCUT2D eigenvalue weighted by atomic mass is 16.1. The Hall–Kier alpha value is -1.04. The summed E-state index contributed by atoms with van der Waals surface area (Å²) in [5.74, 6) is 0.529. The van der Waals surface area contributed by atoms with Crippen molar-refractivity contribution in [1.29, 1.82) is 5.26 Å². The average Bonchev–Trinajstić information content (AvgIpc) is 2.23. The van der Waals surface area contributed by atoms with E-state index in [9.17, 15) is 4.79 Å². The first-order valence-corrected chi connectivity index (χ1v) is 5.61.